The molecule has 0 aliphatic carbocycles. The average molecular weight is 266 g/mol. The Morgan fingerprint density at radius 3 is 2.89 bits per heavy atom. The summed E-state index contributed by atoms with van der Waals surface area (Å²) in [4.78, 5) is 2.31. The van der Waals surface area contributed by atoms with Gasteiger partial charge in [0.05, 0.1) is 24.4 Å². The summed E-state index contributed by atoms with van der Waals surface area (Å²) in [6.45, 7) is 11.1. The Morgan fingerprint density at radius 1 is 1.47 bits per heavy atom. The van der Waals surface area contributed by atoms with E-state index >= 15 is 0 Å². The minimum atomic E-state index is 0.0491. The Morgan fingerprint density at radius 2 is 2.26 bits per heavy atom. The lowest BCUT2D eigenvalue weighted by atomic mass is 10.1. The molecule has 2 heterocycles. The SMILES string of the molecule is CN1CCOC(CNCc2cnn(C(C)(C)C)c2)C1. The smallest absolute Gasteiger partial charge is 0.0826 e. The Balaban J connectivity index is 1.75. The van der Waals surface area contributed by atoms with Crippen molar-refractivity contribution >= 4 is 0 Å². The predicted molar refractivity (Wildman–Crippen MR) is 76.2 cm³/mol. The molecule has 1 N–H and O–H groups in total. The molecule has 1 atom stereocenters. The number of nitrogens with one attached hydrogen (secondary N) is 1. The van der Waals surface area contributed by atoms with Crippen LogP contribution >= 0.6 is 0 Å². The van der Waals surface area contributed by atoms with Crippen LogP contribution in [0.2, 0.25) is 0 Å². The van der Waals surface area contributed by atoms with Crippen LogP contribution in [0.4, 0.5) is 0 Å². The second kappa shape index (κ2) is 6.03. The summed E-state index contributed by atoms with van der Waals surface area (Å²) >= 11 is 0. The third kappa shape index (κ3) is 4.30. The van der Waals surface area contributed by atoms with Gasteiger partial charge in [0.25, 0.3) is 0 Å². The van der Waals surface area contributed by atoms with Gasteiger partial charge in [-0.2, -0.15) is 5.10 Å². The second-order valence-electron chi connectivity index (χ2n) is 6.35. The number of hydrogen-bond donors (Lipinski definition) is 1. The zero-order chi connectivity index (χ0) is 13.9. The molecule has 1 aromatic rings. The maximum absolute atomic E-state index is 5.72. The number of likely N-dealkylation sites (N-methyl/N-ethyl adjacent to an activating group) is 1. The van der Waals surface area contributed by atoms with Gasteiger partial charge in [-0.3, -0.25) is 4.68 Å². The van der Waals surface area contributed by atoms with E-state index in [0.717, 1.165) is 32.8 Å². The van der Waals surface area contributed by atoms with Gasteiger partial charge in [-0.05, 0) is 27.8 Å². The molecule has 0 aromatic carbocycles. The highest BCUT2D eigenvalue weighted by Crippen LogP contribution is 2.13. The van der Waals surface area contributed by atoms with E-state index in [9.17, 15) is 0 Å². The molecular weight excluding hydrogens is 240 g/mol. The molecule has 1 aliphatic heterocycles. The van der Waals surface area contributed by atoms with Crippen LogP contribution < -0.4 is 5.32 Å². The number of hydrogen-bond acceptors (Lipinski definition) is 4. The minimum absolute atomic E-state index is 0.0491. The molecule has 1 unspecified atom stereocenters. The zero-order valence-corrected chi connectivity index (χ0v) is 12.5. The van der Waals surface area contributed by atoms with Crippen LogP contribution in [0.25, 0.3) is 0 Å². The summed E-state index contributed by atoms with van der Waals surface area (Å²) in [5.74, 6) is 0. The first-order valence-corrected chi connectivity index (χ1v) is 7.00. The molecule has 1 aromatic heterocycles. The molecular formula is C14H26N4O. The van der Waals surface area contributed by atoms with Crippen LogP contribution in [0, 0.1) is 0 Å². The van der Waals surface area contributed by atoms with Crippen molar-refractivity contribution in [3.05, 3.63) is 18.0 Å². The topological polar surface area (TPSA) is 42.3 Å². The van der Waals surface area contributed by atoms with E-state index < -0.39 is 0 Å². The molecule has 1 fully saturated rings. The van der Waals surface area contributed by atoms with Crippen molar-refractivity contribution in [1.29, 1.82) is 0 Å². The molecule has 5 heteroatoms. The lowest BCUT2D eigenvalue weighted by Gasteiger charge is -2.30. The van der Waals surface area contributed by atoms with Crippen molar-refractivity contribution in [2.75, 3.05) is 33.3 Å². The van der Waals surface area contributed by atoms with Gasteiger partial charge in [0.15, 0.2) is 0 Å². The van der Waals surface area contributed by atoms with Crippen molar-refractivity contribution in [3.8, 4) is 0 Å². The summed E-state index contributed by atoms with van der Waals surface area (Å²) in [7, 11) is 2.14. The van der Waals surface area contributed by atoms with Gasteiger partial charge in [-0.15, -0.1) is 0 Å². The average Bonchev–Trinajstić information content (AvgIpc) is 2.77. The van der Waals surface area contributed by atoms with Crippen molar-refractivity contribution in [2.24, 2.45) is 0 Å². The van der Waals surface area contributed by atoms with Gasteiger partial charge in [-0.1, -0.05) is 0 Å². The number of nitrogens with zero attached hydrogens (tertiary/aromatic N) is 3. The number of ether oxygens (including phenoxy) is 1. The van der Waals surface area contributed by atoms with Crippen LogP contribution in [0.3, 0.4) is 0 Å². The van der Waals surface area contributed by atoms with Gasteiger partial charge in [0.1, 0.15) is 0 Å². The normalized spacial score (nSPS) is 21.8. The first-order chi connectivity index (χ1) is 8.95. The zero-order valence-electron chi connectivity index (χ0n) is 12.5. The molecule has 0 saturated carbocycles. The first kappa shape index (κ1) is 14.5. The van der Waals surface area contributed by atoms with Gasteiger partial charge < -0.3 is 15.0 Å². The highest BCUT2D eigenvalue weighted by molar-refractivity contribution is 5.04. The molecule has 5 nitrogen and oxygen atoms in total. The van der Waals surface area contributed by atoms with Gasteiger partial charge in [0.2, 0.25) is 0 Å². The van der Waals surface area contributed by atoms with Gasteiger partial charge in [0, 0.05) is 37.9 Å². The van der Waals surface area contributed by atoms with E-state index in [1.165, 1.54) is 5.56 Å². The number of aromatic nitrogens is 2. The van der Waals surface area contributed by atoms with Crippen LogP contribution in [-0.2, 0) is 16.8 Å². The lowest BCUT2D eigenvalue weighted by Crippen LogP contribution is -2.44. The van der Waals surface area contributed by atoms with Crippen LogP contribution in [0.1, 0.15) is 26.3 Å². The first-order valence-electron chi connectivity index (χ1n) is 7.00. The van der Waals surface area contributed by atoms with E-state index in [1.807, 2.05) is 10.9 Å². The van der Waals surface area contributed by atoms with E-state index in [4.69, 9.17) is 4.74 Å². The summed E-state index contributed by atoms with van der Waals surface area (Å²) in [6.07, 6.45) is 4.35. The molecule has 0 bridgehead atoms. The quantitative estimate of drug-likeness (QED) is 0.885. The molecule has 1 saturated heterocycles. The minimum Gasteiger partial charge on any atom is -0.374 e. The number of rotatable bonds is 4. The fourth-order valence-corrected chi connectivity index (χ4v) is 2.19. The van der Waals surface area contributed by atoms with Gasteiger partial charge in [-0.25, -0.2) is 0 Å². The lowest BCUT2D eigenvalue weighted by molar-refractivity contribution is -0.0182. The highest BCUT2D eigenvalue weighted by atomic mass is 16.5. The fraction of sp³-hybridized carbons (Fsp3) is 0.786. The van der Waals surface area contributed by atoms with Crippen molar-refractivity contribution in [3.63, 3.8) is 0 Å². The maximum Gasteiger partial charge on any atom is 0.0826 e. The van der Waals surface area contributed by atoms with Crippen LogP contribution in [0.15, 0.2) is 12.4 Å². The van der Waals surface area contributed by atoms with Gasteiger partial charge >= 0.3 is 0 Å². The molecule has 2 rings (SSSR count). The summed E-state index contributed by atoms with van der Waals surface area (Å²) in [5.41, 5.74) is 1.27. The van der Waals surface area contributed by atoms with Crippen molar-refractivity contribution in [1.82, 2.24) is 20.0 Å². The van der Waals surface area contributed by atoms with Crippen molar-refractivity contribution < 1.29 is 4.74 Å². The molecule has 0 radical (unpaired) electrons. The molecule has 0 amide bonds. The standard InChI is InChI=1S/C14H26N4O/c1-14(2,3)18-10-12(8-16-18)7-15-9-13-11-17(4)5-6-19-13/h8,10,13,15H,5-7,9,11H2,1-4H3. The maximum atomic E-state index is 5.72. The van der Waals surface area contributed by atoms with Crippen molar-refractivity contribution in [2.45, 2.75) is 39.0 Å². The van der Waals surface area contributed by atoms with Crippen LogP contribution in [0.5, 0.6) is 0 Å². The fourth-order valence-electron chi connectivity index (χ4n) is 2.19. The Hall–Kier alpha value is -0.910. The summed E-state index contributed by atoms with van der Waals surface area (Å²) < 4.78 is 7.73. The third-order valence-corrected chi connectivity index (χ3v) is 3.37. The second-order valence-corrected chi connectivity index (χ2v) is 6.35. The monoisotopic (exact) mass is 266 g/mol. The largest absolute Gasteiger partial charge is 0.374 e. The third-order valence-electron chi connectivity index (χ3n) is 3.37. The van der Waals surface area contributed by atoms with E-state index in [2.05, 4.69) is 49.3 Å². The van der Waals surface area contributed by atoms with E-state index in [-0.39, 0.29) is 5.54 Å². The molecule has 19 heavy (non-hydrogen) atoms. The predicted octanol–water partition coefficient (Wildman–Crippen LogP) is 1.06. The van der Waals surface area contributed by atoms with Crippen LogP contribution in [-0.4, -0.2) is 54.1 Å². The summed E-state index contributed by atoms with van der Waals surface area (Å²) in [6, 6.07) is 0. The molecule has 0 spiro atoms. The highest BCUT2D eigenvalue weighted by Gasteiger charge is 2.17. The number of morpholine rings is 1. The Kier molecular flexibility index (Phi) is 4.60. The summed E-state index contributed by atoms with van der Waals surface area (Å²) in [5, 5.41) is 7.85. The Bertz CT molecular complexity index is 396. The molecule has 1 aliphatic rings. The Labute approximate surface area is 115 Å². The molecule has 108 valence electrons. The van der Waals surface area contributed by atoms with E-state index in [0.29, 0.717) is 6.10 Å². The van der Waals surface area contributed by atoms with E-state index in [1.54, 1.807) is 0 Å².